The highest BCUT2D eigenvalue weighted by molar-refractivity contribution is 9.09. The third kappa shape index (κ3) is 6.00. The summed E-state index contributed by atoms with van der Waals surface area (Å²) in [6, 6.07) is 2.50. The van der Waals surface area contributed by atoms with Crippen LogP contribution in [0.4, 0.5) is 0 Å². The molecule has 1 rings (SSSR count). The molecule has 0 aliphatic heterocycles. The number of unbranched alkanes of at least 4 members (excludes halogenated alkanes) is 5. The Morgan fingerprint density at radius 2 is 1.55 bits per heavy atom. The van der Waals surface area contributed by atoms with E-state index in [4.69, 9.17) is 0 Å². The predicted octanol–water partition coefficient (Wildman–Crippen LogP) is 7.97. The third-order valence-corrected chi connectivity index (χ3v) is 7.23. The minimum Gasteiger partial charge on any atom is -0.143 e. The molecule has 0 amide bonds. The van der Waals surface area contributed by atoms with Gasteiger partial charge in [0.1, 0.15) is 0 Å². The fourth-order valence-electron chi connectivity index (χ4n) is 2.72. The van der Waals surface area contributed by atoms with Crippen molar-refractivity contribution in [1.82, 2.24) is 0 Å². The number of alkyl halides is 1. The molecule has 0 saturated carbocycles. The minimum absolute atomic E-state index is 0.0945. The van der Waals surface area contributed by atoms with Gasteiger partial charge >= 0.3 is 0 Å². The van der Waals surface area contributed by atoms with Gasteiger partial charge < -0.3 is 0 Å². The van der Waals surface area contributed by atoms with Gasteiger partial charge in [-0.25, -0.2) is 0 Å². The molecule has 0 bridgehead atoms. The Balaban J connectivity index is 2.75. The summed E-state index contributed by atoms with van der Waals surface area (Å²) in [6.07, 6.45) is 10.7. The fourth-order valence-corrected chi connectivity index (χ4v) is 4.60. The summed E-state index contributed by atoms with van der Waals surface area (Å²) in [5, 5.41) is 0. The molecule has 0 saturated heterocycles. The predicted molar refractivity (Wildman–Crippen MR) is 107 cm³/mol. The number of thiophene rings is 1. The van der Waals surface area contributed by atoms with E-state index < -0.39 is 0 Å². The van der Waals surface area contributed by atoms with E-state index in [0.29, 0.717) is 5.41 Å². The summed E-state index contributed by atoms with van der Waals surface area (Å²) in [4.78, 5) is 3.09. The van der Waals surface area contributed by atoms with Crippen LogP contribution in [0.25, 0.3) is 0 Å². The fraction of sp³-hybridized carbons (Fsp3) is 0.800. The van der Waals surface area contributed by atoms with Crippen molar-refractivity contribution in [3.63, 3.8) is 0 Å². The summed E-state index contributed by atoms with van der Waals surface area (Å²) >= 11 is 5.92. The van der Waals surface area contributed by atoms with E-state index in [0.717, 1.165) is 0 Å². The van der Waals surface area contributed by atoms with Crippen molar-refractivity contribution in [1.29, 1.82) is 0 Å². The lowest BCUT2D eigenvalue weighted by Gasteiger charge is -2.21. The first-order chi connectivity index (χ1) is 10.2. The Morgan fingerprint density at radius 3 is 2.09 bits per heavy atom. The van der Waals surface area contributed by atoms with Crippen LogP contribution in [0.1, 0.15) is 102 Å². The van der Waals surface area contributed by atoms with Crippen LogP contribution in [-0.4, -0.2) is 0 Å². The summed E-state index contributed by atoms with van der Waals surface area (Å²) in [6.45, 7) is 13.9. The standard InChI is InChI=1S/C20H35BrS/c1-7-9-10-11-12-13-14-16-15-17(19(3,4)8-2)22-18(16)20(5,6)21/h15H,7-14H2,1-6H3. The molecule has 1 aromatic rings. The van der Waals surface area contributed by atoms with E-state index in [1.54, 1.807) is 10.4 Å². The number of aryl methyl sites for hydroxylation is 1. The molecular formula is C20H35BrS. The second-order valence-electron chi connectivity index (χ2n) is 7.69. The van der Waals surface area contributed by atoms with E-state index in [9.17, 15) is 0 Å². The summed E-state index contributed by atoms with van der Waals surface area (Å²) in [5.41, 5.74) is 1.88. The minimum atomic E-state index is 0.0945. The molecule has 0 nitrogen and oxygen atoms in total. The van der Waals surface area contributed by atoms with Crippen LogP contribution in [-0.2, 0) is 16.2 Å². The normalized spacial score (nSPS) is 12.9. The molecule has 0 aromatic carbocycles. The molecular weight excluding hydrogens is 352 g/mol. The Bertz CT molecular complexity index is 437. The average molecular weight is 387 g/mol. The van der Waals surface area contributed by atoms with Gasteiger partial charge in [0.25, 0.3) is 0 Å². The van der Waals surface area contributed by atoms with Gasteiger partial charge in [0.15, 0.2) is 0 Å². The van der Waals surface area contributed by atoms with Crippen LogP contribution >= 0.6 is 27.3 Å². The number of rotatable bonds is 10. The molecule has 22 heavy (non-hydrogen) atoms. The van der Waals surface area contributed by atoms with Crippen molar-refractivity contribution >= 4 is 27.3 Å². The summed E-state index contributed by atoms with van der Waals surface area (Å²) in [5.74, 6) is 0. The second-order valence-corrected chi connectivity index (χ2v) is 10.7. The number of hydrogen-bond donors (Lipinski definition) is 0. The second kappa shape index (κ2) is 8.87. The molecule has 0 aliphatic rings. The zero-order chi connectivity index (χ0) is 16.8. The monoisotopic (exact) mass is 386 g/mol. The lowest BCUT2D eigenvalue weighted by Crippen LogP contribution is -2.13. The Kier molecular flexibility index (Phi) is 8.16. The summed E-state index contributed by atoms with van der Waals surface area (Å²) < 4.78 is 0.0945. The molecule has 0 aliphatic carbocycles. The average Bonchev–Trinajstić information content (AvgIpc) is 2.87. The lowest BCUT2D eigenvalue weighted by atomic mass is 9.87. The quantitative estimate of drug-likeness (QED) is 0.282. The van der Waals surface area contributed by atoms with Crippen molar-refractivity contribution in [2.24, 2.45) is 0 Å². The van der Waals surface area contributed by atoms with Gasteiger partial charge in [-0.15, -0.1) is 11.3 Å². The van der Waals surface area contributed by atoms with Crippen molar-refractivity contribution in [2.45, 2.75) is 103 Å². The first kappa shape index (κ1) is 20.2. The molecule has 1 heterocycles. The van der Waals surface area contributed by atoms with Crippen molar-refractivity contribution in [3.05, 3.63) is 21.4 Å². The highest BCUT2D eigenvalue weighted by Gasteiger charge is 2.28. The van der Waals surface area contributed by atoms with E-state index in [2.05, 4.69) is 63.5 Å². The molecule has 2 heteroatoms. The highest BCUT2D eigenvalue weighted by atomic mass is 79.9. The maximum Gasteiger partial charge on any atom is 0.0546 e. The molecule has 0 fully saturated rings. The molecule has 0 N–H and O–H groups in total. The van der Waals surface area contributed by atoms with Gasteiger partial charge in [-0.1, -0.05) is 75.7 Å². The molecule has 0 radical (unpaired) electrons. The lowest BCUT2D eigenvalue weighted by molar-refractivity contribution is 0.516. The maximum absolute atomic E-state index is 3.89. The largest absolute Gasteiger partial charge is 0.143 e. The van der Waals surface area contributed by atoms with E-state index in [-0.39, 0.29) is 4.32 Å². The van der Waals surface area contributed by atoms with E-state index >= 15 is 0 Å². The van der Waals surface area contributed by atoms with Crippen molar-refractivity contribution < 1.29 is 0 Å². The van der Waals surface area contributed by atoms with Crippen molar-refractivity contribution in [3.8, 4) is 0 Å². The van der Waals surface area contributed by atoms with Crippen LogP contribution < -0.4 is 0 Å². The van der Waals surface area contributed by atoms with E-state index in [1.165, 1.54) is 56.2 Å². The molecule has 1 aromatic heterocycles. The Morgan fingerprint density at radius 1 is 0.955 bits per heavy atom. The van der Waals surface area contributed by atoms with Crippen LogP contribution in [0, 0.1) is 0 Å². The van der Waals surface area contributed by atoms with Crippen LogP contribution in [0.2, 0.25) is 0 Å². The van der Waals surface area contributed by atoms with Gasteiger partial charge in [0.2, 0.25) is 0 Å². The van der Waals surface area contributed by atoms with Crippen LogP contribution in [0.3, 0.4) is 0 Å². The number of hydrogen-bond acceptors (Lipinski definition) is 1. The first-order valence-corrected chi connectivity index (χ1v) is 10.7. The SMILES string of the molecule is CCCCCCCCc1cc(C(C)(C)CC)sc1C(C)(C)Br. The Hall–Kier alpha value is 0.180. The molecule has 128 valence electrons. The van der Waals surface area contributed by atoms with Gasteiger partial charge in [-0.3, -0.25) is 0 Å². The maximum atomic E-state index is 3.89. The van der Waals surface area contributed by atoms with Crippen LogP contribution in [0.5, 0.6) is 0 Å². The molecule has 0 spiro atoms. The zero-order valence-electron chi connectivity index (χ0n) is 15.5. The van der Waals surface area contributed by atoms with Gasteiger partial charge in [-0.2, -0.15) is 0 Å². The van der Waals surface area contributed by atoms with Gasteiger partial charge in [0, 0.05) is 9.75 Å². The Labute approximate surface area is 151 Å². The zero-order valence-corrected chi connectivity index (χ0v) is 17.9. The summed E-state index contributed by atoms with van der Waals surface area (Å²) in [7, 11) is 0. The topological polar surface area (TPSA) is 0 Å². The van der Waals surface area contributed by atoms with Crippen molar-refractivity contribution in [2.75, 3.05) is 0 Å². The third-order valence-electron chi connectivity index (χ3n) is 4.70. The smallest absolute Gasteiger partial charge is 0.0546 e. The van der Waals surface area contributed by atoms with E-state index in [1.807, 2.05) is 11.3 Å². The van der Waals surface area contributed by atoms with Gasteiger partial charge in [0.05, 0.1) is 4.32 Å². The molecule has 0 atom stereocenters. The molecule has 0 unspecified atom stereocenters. The number of halogens is 1. The van der Waals surface area contributed by atoms with Crippen LogP contribution in [0.15, 0.2) is 6.07 Å². The van der Waals surface area contributed by atoms with Gasteiger partial charge in [-0.05, 0) is 50.2 Å². The first-order valence-electron chi connectivity index (χ1n) is 9.05. The highest BCUT2D eigenvalue weighted by Crippen LogP contribution is 2.43.